The summed E-state index contributed by atoms with van der Waals surface area (Å²) < 4.78 is 52.4. The minimum Gasteiger partial charge on any atom is -0.364 e. The van der Waals surface area contributed by atoms with E-state index in [2.05, 4.69) is 0 Å². The number of carbonyl (C=O) groups is 1. The molecule has 0 N–H and O–H groups in total. The lowest BCUT2D eigenvalue weighted by Crippen LogP contribution is -2.29. The van der Waals surface area contributed by atoms with Crippen LogP contribution in [0, 0.1) is 5.82 Å². The lowest BCUT2D eigenvalue weighted by molar-refractivity contribution is -0.137. The normalized spacial score (nSPS) is 13.9. The minimum absolute atomic E-state index is 0.0591. The Morgan fingerprint density at radius 1 is 1.16 bits per heavy atom. The quantitative estimate of drug-likeness (QED) is 0.728. The summed E-state index contributed by atoms with van der Waals surface area (Å²) in [5.74, 6) is -0.839. The SMILES string of the molecule is O=C(Cc1ccc(Cl)cc1F)CN1CCc2ccc(C(F)(F)F)cc21. The van der Waals surface area contributed by atoms with Gasteiger partial charge < -0.3 is 4.90 Å². The maximum atomic E-state index is 13.8. The van der Waals surface area contributed by atoms with E-state index in [4.69, 9.17) is 11.6 Å². The van der Waals surface area contributed by atoms with Crippen molar-refractivity contribution in [2.75, 3.05) is 18.0 Å². The molecular weight excluding hydrogens is 358 g/mol. The summed E-state index contributed by atoms with van der Waals surface area (Å²) in [6.45, 7) is 0.405. The van der Waals surface area contributed by atoms with Crippen molar-refractivity contribution in [1.82, 2.24) is 0 Å². The lowest BCUT2D eigenvalue weighted by Gasteiger charge is -2.19. The molecule has 1 aliphatic heterocycles. The van der Waals surface area contributed by atoms with E-state index in [1.807, 2.05) is 0 Å². The molecule has 2 nitrogen and oxygen atoms in total. The van der Waals surface area contributed by atoms with Gasteiger partial charge in [0.05, 0.1) is 12.1 Å². The number of alkyl halides is 3. The smallest absolute Gasteiger partial charge is 0.364 e. The van der Waals surface area contributed by atoms with Crippen molar-refractivity contribution in [2.45, 2.75) is 19.0 Å². The highest BCUT2D eigenvalue weighted by Gasteiger charge is 2.33. The molecule has 0 aliphatic carbocycles. The second-order valence-corrected chi connectivity index (χ2v) is 6.40. The van der Waals surface area contributed by atoms with Gasteiger partial charge in [0.1, 0.15) is 5.82 Å². The fourth-order valence-corrected chi connectivity index (χ4v) is 3.09. The molecule has 0 fully saturated rings. The highest BCUT2D eigenvalue weighted by atomic mass is 35.5. The number of hydrogen-bond donors (Lipinski definition) is 0. The molecule has 0 bridgehead atoms. The van der Waals surface area contributed by atoms with Crippen molar-refractivity contribution < 1.29 is 22.4 Å². The van der Waals surface area contributed by atoms with Crippen LogP contribution in [-0.2, 0) is 23.8 Å². The molecule has 0 aromatic heterocycles. The Labute approximate surface area is 147 Å². The van der Waals surface area contributed by atoms with E-state index in [1.54, 1.807) is 4.90 Å². The fourth-order valence-electron chi connectivity index (χ4n) is 2.93. The van der Waals surface area contributed by atoms with Crippen LogP contribution in [0.4, 0.5) is 23.2 Å². The van der Waals surface area contributed by atoms with Crippen LogP contribution in [0.5, 0.6) is 0 Å². The number of hydrogen-bond acceptors (Lipinski definition) is 2. The van der Waals surface area contributed by atoms with Crippen LogP contribution in [0.2, 0.25) is 5.02 Å². The highest BCUT2D eigenvalue weighted by Crippen LogP contribution is 2.36. The number of ketones is 1. The van der Waals surface area contributed by atoms with Crippen LogP contribution < -0.4 is 4.90 Å². The summed E-state index contributed by atoms with van der Waals surface area (Å²) in [5.41, 5.74) is 0.672. The Bertz CT molecular complexity index is 819. The minimum atomic E-state index is -4.43. The van der Waals surface area contributed by atoms with E-state index in [0.717, 1.165) is 23.8 Å². The molecular formula is C18H14ClF4NO. The average molecular weight is 372 g/mol. The predicted molar refractivity (Wildman–Crippen MR) is 87.5 cm³/mol. The summed E-state index contributed by atoms with van der Waals surface area (Å²) in [6, 6.07) is 7.63. The molecule has 1 aliphatic rings. The molecule has 0 amide bonds. The number of halogens is 5. The number of nitrogens with zero attached hydrogens (tertiary/aromatic N) is 1. The van der Waals surface area contributed by atoms with Gasteiger partial charge in [-0.05, 0) is 41.8 Å². The van der Waals surface area contributed by atoms with Gasteiger partial charge in [0, 0.05) is 23.7 Å². The molecule has 2 aromatic rings. The molecule has 0 saturated heterocycles. The molecule has 2 aromatic carbocycles. The second kappa shape index (κ2) is 6.67. The molecule has 1 heterocycles. The first-order valence-electron chi connectivity index (χ1n) is 7.65. The molecule has 0 radical (unpaired) electrons. The third kappa shape index (κ3) is 3.95. The number of carbonyl (C=O) groups excluding carboxylic acids is 1. The average Bonchev–Trinajstić information content (AvgIpc) is 2.91. The maximum absolute atomic E-state index is 13.8. The molecule has 0 atom stereocenters. The van der Waals surface area contributed by atoms with E-state index < -0.39 is 17.6 Å². The lowest BCUT2D eigenvalue weighted by atomic mass is 10.1. The van der Waals surface area contributed by atoms with Crippen molar-refractivity contribution in [3.8, 4) is 0 Å². The number of anilines is 1. The van der Waals surface area contributed by atoms with Crippen molar-refractivity contribution in [2.24, 2.45) is 0 Å². The Morgan fingerprint density at radius 2 is 1.92 bits per heavy atom. The van der Waals surface area contributed by atoms with Gasteiger partial charge in [-0.2, -0.15) is 13.2 Å². The number of rotatable bonds is 4. The highest BCUT2D eigenvalue weighted by molar-refractivity contribution is 6.30. The first kappa shape index (κ1) is 17.7. The van der Waals surface area contributed by atoms with E-state index in [-0.39, 0.29) is 29.3 Å². The van der Waals surface area contributed by atoms with Gasteiger partial charge >= 0.3 is 6.18 Å². The fraction of sp³-hybridized carbons (Fsp3) is 0.278. The summed E-state index contributed by atoms with van der Waals surface area (Å²) in [7, 11) is 0. The van der Waals surface area contributed by atoms with E-state index >= 15 is 0 Å². The Kier molecular flexibility index (Phi) is 4.73. The number of fused-ring (bicyclic) bond motifs is 1. The van der Waals surface area contributed by atoms with Gasteiger partial charge in [-0.25, -0.2) is 4.39 Å². The van der Waals surface area contributed by atoms with E-state index in [0.29, 0.717) is 18.7 Å². The third-order valence-corrected chi connectivity index (χ3v) is 4.41. The van der Waals surface area contributed by atoms with Crippen molar-refractivity contribution >= 4 is 23.1 Å². The first-order valence-corrected chi connectivity index (χ1v) is 8.02. The van der Waals surface area contributed by atoms with Crippen LogP contribution in [0.1, 0.15) is 16.7 Å². The van der Waals surface area contributed by atoms with Gasteiger partial charge in [-0.3, -0.25) is 4.79 Å². The van der Waals surface area contributed by atoms with Crippen LogP contribution >= 0.6 is 11.6 Å². The van der Waals surface area contributed by atoms with Crippen LogP contribution in [0.15, 0.2) is 36.4 Å². The Morgan fingerprint density at radius 3 is 2.60 bits per heavy atom. The van der Waals surface area contributed by atoms with Gasteiger partial charge in [-0.15, -0.1) is 0 Å². The Hall–Kier alpha value is -2.08. The van der Waals surface area contributed by atoms with Gasteiger partial charge in [-0.1, -0.05) is 23.7 Å². The monoisotopic (exact) mass is 371 g/mol. The van der Waals surface area contributed by atoms with Gasteiger partial charge in [0.15, 0.2) is 5.78 Å². The summed E-state index contributed by atoms with van der Waals surface area (Å²) in [5, 5.41) is 0.238. The molecule has 0 unspecified atom stereocenters. The standard InChI is InChI=1S/C18H14ClF4NO/c19-14-4-2-12(16(20)9-14)7-15(25)10-24-6-5-11-1-3-13(8-17(11)24)18(21,22)23/h1-4,8-9H,5-7,10H2. The van der Waals surface area contributed by atoms with Crippen LogP contribution in [0.3, 0.4) is 0 Å². The van der Waals surface area contributed by atoms with Gasteiger partial charge in [0.25, 0.3) is 0 Å². The molecule has 0 saturated carbocycles. The summed E-state index contributed by atoms with van der Waals surface area (Å²) in [6.07, 6.45) is -3.98. The molecule has 132 valence electrons. The van der Waals surface area contributed by atoms with Crippen molar-refractivity contribution in [3.05, 3.63) is 63.9 Å². The molecule has 0 spiro atoms. The van der Waals surface area contributed by atoms with Crippen molar-refractivity contribution in [1.29, 1.82) is 0 Å². The number of benzene rings is 2. The molecule has 25 heavy (non-hydrogen) atoms. The summed E-state index contributed by atoms with van der Waals surface area (Å²) in [4.78, 5) is 13.8. The van der Waals surface area contributed by atoms with Gasteiger partial charge in [0.2, 0.25) is 0 Å². The third-order valence-electron chi connectivity index (χ3n) is 4.17. The van der Waals surface area contributed by atoms with E-state index in [1.165, 1.54) is 18.2 Å². The Balaban J connectivity index is 1.74. The van der Waals surface area contributed by atoms with Crippen molar-refractivity contribution in [3.63, 3.8) is 0 Å². The largest absolute Gasteiger partial charge is 0.416 e. The zero-order valence-corrected chi connectivity index (χ0v) is 13.8. The van der Waals surface area contributed by atoms with Crippen LogP contribution in [0.25, 0.3) is 0 Å². The van der Waals surface area contributed by atoms with Crippen LogP contribution in [-0.4, -0.2) is 18.9 Å². The zero-order valence-electron chi connectivity index (χ0n) is 13.0. The molecule has 7 heteroatoms. The second-order valence-electron chi connectivity index (χ2n) is 5.96. The number of Topliss-reactive ketones (excluding diaryl/α,β-unsaturated/α-hetero) is 1. The zero-order chi connectivity index (χ0) is 18.2. The predicted octanol–water partition coefficient (Wildman–Crippen LogP) is 4.67. The van der Waals surface area contributed by atoms with E-state index in [9.17, 15) is 22.4 Å². The summed E-state index contributed by atoms with van der Waals surface area (Å²) >= 11 is 5.67. The maximum Gasteiger partial charge on any atom is 0.416 e. The molecule has 3 rings (SSSR count). The topological polar surface area (TPSA) is 20.3 Å². The first-order chi connectivity index (χ1) is 11.7.